The van der Waals surface area contributed by atoms with Gasteiger partial charge >= 0.3 is 0 Å². The second kappa shape index (κ2) is 4.68. The number of amides is 2. The summed E-state index contributed by atoms with van der Waals surface area (Å²) in [6, 6.07) is 1.61. The molecule has 2 amide bonds. The van der Waals surface area contributed by atoms with Crippen molar-refractivity contribution >= 4 is 28.2 Å². The van der Waals surface area contributed by atoms with Crippen molar-refractivity contribution in [2.45, 2.75) is 6.92 Å². The maximum Gasteiger partial charge on any atom is 0.251 e. The molecule has 0 unspecified atom stereocenters. The van der Waals surface area contributed by atoms with Gasteiger partial charge in [0.1, 0.15) is 5.00 Å². The highest BCUT2D eigenvalue weighted by Gasteiger charge is 2.18. The number of carbonyl (C=O) groups excluding carboxylic acids is 2. The minimum absolute atomic E-state index is 0.175. The fraction of sp³-hybridized carbons (Fsp3) is 0.273. The van der Waals surface area contributed by atoms with E-state index in [9.17, 15) is 9.59 Å². The second-order valence-electron chi connectivity index (χ2n) is 3.81. The van der Waals surface area contributed by atoms with Gasteiger partial charge in [0.05, 0.1) is 5.56 Å². The fourth-order valence-electron chi connectivity index (χ4n) is 1.47. The van der Waals surface area contributed by atoms with Crippen molar-refractivity contribution in [3.63, 3.8) is 0 Å². The quantitative estimate of drug-likeness (QED) is 0.692. The molecule has 0 bridgehead atoms. The number of nitrogens with two attached hydrogens (primary N) is 1. The summed E-state index contributed by atoms with van der Waals surface area (Å²) in [6.07, 6.45) is 0. The van der Waals surface area contributed by atoms with Crippen LogP contribution in [-0.2, 0) is 4.79 Å². The molecule has 1 aromatic rings. The van der Waals surface area contributed by atoms with Crippen LogP contribution in [0.1, 0.15) is 17.3 Å². The van der Waals surface area contributed by atoms with E-state index in [1.165, 1.54) is 11.3 Å². The topological polar surface area (TPSA) is 84.2 Å². The molecular weight excluding hydrogens is 238 g/mol. The molecule has 6 heteroatoms. The van der Waals surface area contributed by atoms with E-state index >= 15 is 0 Å². The number of primary amides is 1. The smallest absolute Gasteiger partial charge is 0.251 e. The van der Waals surface area contributed by atoms with Gasteiger partial charge in [0.25, 0.3) is 11.8 Å². The lowest BCUT2D eigenvalue weighted by molar-refractivity contribution is -0.112. The van der Waals surface area contributed by atoms with Gasteiger partial charge in [-0.05, 0) is 23.9 Å². The molecule has 1 aromatic heterocycles. The Morgan fingerprint density at radius 3 is 2.71 bits per heavy atom. The average molecular weight is 251 g/mol. The maximum atomic E-state index is 11.9. The molecule has 17 heavy (non-hydrogen) atoms. The summed E-state index contributed by atoms with van der Waals surface area (Å²) in [5.41, 5.74) is 7.36. The zero-order valence-electron chi connectivity index (χ0n) is 9.37. The summed E-state index contributed by atoms with van der Waals surface area (Å²) >= 11 is 1.29. The first-order chi connectivity index (χ1) is 8.09. The van der Waals surface area contributed by atoms with Crippen molar-refractivity contribution in [2.24, 2.45) is 5.73 Å². The van der Waals surface area contributed by atoms with Crippen LogP contribution in [0, 0.1) is 0 Å². The van der Waals surface area contributed by atoms with E-state index in [0.29, 0.717) is 16.1 Å². The number of carbonyl (C=O) groups is 2. The summed E-state index contributed by atoms with van der Waals surface area (Å²) in [5.74, 6) is -0.705. The standard InChI is InChI=1S/C11H13N3O2S/c1-6(7-4-13-5-7)10(16)14-11-8(9(12)15)2-3-17-11/h2-3,13H,4-5H2,1H3,(H2,12,15)(H,14,16). The van der Waals surface area contributed by atoms with Gasteiger partial charge in [-0.25, -0.2) is 0 Å². The van der Waals surface area contributed by atoms with E-state index in [0.717, 1.165) is 18.7 Å². The molecular formula is C11H13N3O2S. The number of hydrogen-bond acceptors (Lipinski definition) is 4. The molecule has 0 atom stereocenters. The van der Waals surface area contributed by atoms with E-state index < -0.39 is 5.91 Å². The first-order valence-corrected chi connectivity index (χ1v) is 6.05. The van der Waals surface area contributed by atoms with E-state index in [4.69, 9.17) is 5.73 Å². The van der Waals surface area contributed by atoms with Crippen LogP contribution >= 0.6 is 11.3 Å². The summed E-state index contributed by atoms with van der Waals surface area (Å²) < 4.78 is 0. The molecule has 1 aliphatic rings. The predicted octanol–water partition coefficient (Wildman–Crippen LogP) is 0.705. The van der Waals surface area contributed by atoms with E-state index in [-0.39, 0.29) is 5.91 Å². The van der Waals surface area contributed by atoms with E-state index in [1.54, 1.807) is 18.4 Å². The van der Waals surface area contributed by atoms with Crippen molar-refractivity contribution in [3.05, 3.63) is 28.2 Å². The summed E-state index contributed by atoms with van der Waals surface area (Å²) in [4.78, 5) is 23.0. The third kappa shape index (κ3) is 2.37. The largest absolute Gasteiger partial charge is 0.366 e. The third-order valence-electron chi connectivity index (χ3n) is 2.71. The SMILES string of the molecule is CC(C(=O)Nc1sccc1C(N)=O)=C1CNC1. The van der Waals surface area contributed by atoms with Gasteiger partial charge in [-0.15, -0.1) is 11.3 Å². The number of rotatable bonds is 3. The molecule has 1 saturated heterocycles. The second-order valence-corrected chi connectivity index (χ2v) is 4.73. The summed E-state index contributed by atoms with van der Waals surface area (Å²) in [5, 5.41) is 8.02. The molecule has 4 N–H and O–H groups in total. The highest BCUT2D eigenvalue weighted by atomic mass is 32.1. The van der Waals surface area contributed by atoms with Crippen LogP contribution in [0.2, 0.25) is 0 Å². The van der Waals surface area contributed by atoms with Crippen molar-refractivity contribution in [2.75, 3.05) is 18.4 Å². The van der Waals surface area contributed by atoms with Crippen LogP contribution in [0.5, 0.6) is 0 Å². The lowest BCUT2D eigenvalue weighted by atomic mass is 10.0. The molecule has 0 radical (unpaired) electrons. The highest BCUT2D eigenvalue weighted by molar-refractivity contribution is 7.14. The van der Waals surface area contributed by atoms with Gasteiger partial charge in [-0.1, -0.05) is 0 Å². The lowest BCUT2D eigenvalue weighted by Gasteiger charge is -2.21. The number of hydrogen-bond donors (Lipinski definition) is 3. The minimum Gasteiger partial charge on any atom is -0.366 e. The van der Waals surface area contributed by atoms with Crippen LogP contribution in [0.15, 0.2) is 22.6 Å². The van der Waals surface area contributed by atoms with Crippen molar-refractivity contribution in [1.29, 1.82) is 0 Å². The molecule has 0 saturated carbocycles. The van der Waals surface area contributed by atoms with Crippen LogP contribution in [0.3, 0.4) is 0 Å². The average Bonchev–Trinajstić information content (AvgIpc) is 2.62. The summed E-state index contributed by atoms with van der Waals surface area (Å²) in [6.45, 7) is 3.29. The maximum absolute atomic E-state index is 11.9. The van der Waals surface area contributed by atoms with Gasteiger partial charge in [0, 0.05) is 18.7 Å². The van der Waals surface area contributed by atoms with Crippen LogP contribution < -0.4 is 16.4 Å². The number of thiophene rings is 1. The molecule has 0 aromatic carbocycles. The third-order valence-corrected chi connectivity index (χ3v) is 3.54. The summed E-state index contributed by atoms with van der Waals surface area (Å²) in [7, 11) is 0. The van der Waals surface area contributed by atoms with Crippen molar-refractivity contribution < 1.29 is 9.59 Å². The van der Waals surface area contributed by atoms with E-state index in [2.05, 4.69) is 10.6 Å². The Morgan fingerprint density at radius 2 is 2.18 bits per heavy atom. The van der Waals surface area contributed by atoms with Gasteiger partial charge in [0.15, 0.2) is 0 Å². The first-order valence-electron chi connectivity index (χ1n) is 5.17. The van der Waals surface area contributed by atoms with Gasteiger partial charge in [-0.3, -0.25) is 9.59 Å². The lowest BCUT2D eigenvalue weighted by Crippen LogP contribution is -2.36. The van der Waals surface area contributed by atoms with Gasteiger partial charge in [0.2, 0.25) is 0 Å². The van der Waals surface area contributed by atoms with E-state index in [1.807, 2.05) is 0 Å². The normalized spacial score (nSPS) is 14.1. The Hall–Kier alpha value is -1.66. The monoisotopic (exact) mass is 251 g/mol. The molecule has 2 rings (SSSR count). The Bertz CT molecular complexity index is 499. The molecule has 2 heterocycles. The molecule has 0 spiro atoms. The zero-order valence-corrected chi connectivity index (χ0v) is 10.2. The van der Waals surface area contributed by atoms with Gasteiger partial charge < -0.3 is 16.4 Å². The molecule has 5 nitrogen and oxygen atoms in total. The van der Waals surface area contributed by atoms with Gasteiger partial charge in [-0.2, -0.15) is 0 Å². The Morgan fingerprint density at radius 1 is 1.47 bits per heavy atom. The molecule has 90 valence electrons. The Balaban J connectivity index is 2.13. The van der Waals surface area contributed by atoms with Crippen molar-refractivity contribution in [1.82, 2.24) is 5.32 Å². The predicted molar refractivity (Wildman–Crippen MR) is 67.0 cm³/mol. The van der Waals surface area contributed by atoms with Crippen LogP contribution in [0.4, 0.5) is 5.00 Å². The molecule has 1 fully saturated rings. The Kier molecular flexibility index (Phi) is 3.26. The number of nitrogens with one attached hydrogen (secondary N) is 2. The number of anilines is 1. The first kappa shape index (κ1) is 11.8. The molecule has 0 aliphatic carbocycles. The zero-order chi connectivity index (χ0) is 12.4. The molecule has 1 aliphatic heterocycles. The van der Waals surface area contributed by atoms with Crippen molar-refractivity contribution in [3.8, 4) is 0 Å². The highest BCUT2D eigenvalue weighted by Crippen LogP contribution is 2.23. The van der Waals surface area contributed by atoms with Crippen LogP contribution in [-0.4, -0.2) is 24.9 Å². The Labute approximate surface area is 103 Å². The minimum atomic E-state index is -0.530. The fourth-order valence-corrected chi connectivity index (χ4v) is 2.26. The van der Waals surface area contributed by atoms with Crippen LogP contribution in [0.25, 0.3) is 0 Å².